The number of aryl methyl sites for hydroxylation is 1. The van der Waals surface area contributed by atoms with Gasteiger partial charge in [-0.05, 0) is 53.2 Å². The number of pyridine rings is 1. The summed E-state index contributed by atoms with van der Waals surface area (Å²) < 4.78 is 14.8. The average molecular weight is 344 g/mol. The van der Waals surface area contributed by atoms with Crippen molar-refractivity contribution in [3.05, 3.63) is 62.6 Å². The molecule has 2 aromatic rings. The third kappa shape index (κ3) is 2.81. The number of rotatable bonds is 3. The van der Waals surface area contributed by atoms with Gasteiger partial charge in [0.25, 0.3) is 0 Å². The van der Waals surface area contributed by atoms with E-state index in [2.05, 4.69) is 26.2 Å². The van der Waals surface area contributed by atoms with Crippen LogP contribution in [0.15, 0.2) is 35.1 Å². The molecule has 0 saturated carbocycles. The fraction of sp³-hybridized carbons (Fsp3) is 0.214. The summed E-state index contributed by atoms with van der Waals surface area (Å²) in [5.74, 6) is -0.418. The molecule has 0 aliphatic carbocycles. The topological polar surface area (TPSA) is 24.9 Å². The predicted molar refractivity (Wildman–Crippen MR) is 79.0 cm³/mol. The fourth-order valence-electron chi connectivity index (χ4n) is 2.02. The lowest BCUT2D eigenvalue weighted by atomic mass is 9.96. The highest BCUT2D eigenvalue weighted by atomic mass is 79.9. The summed E-state index contributed by atoms with van der Waals surface area (Å²) in [7, 11) is 1.78. The Morgan fingerprint density at radius 2 is 2.05 bits per heavy atom. The average Bonchev–Trinajstić information content (AvgIpc) is 2.41. The van der Waals surface area contributed by atoms with Gasteiger partial charge in [-0.3, -0.25) is 4.98 Å². The maximum Gasteiger partial charge on any atom is 0.148 e. The quantitative estimate of drug-likeness (QED) is 0.843. The first-order valence-electron chi connectivity index (χ1n) is 5.77. The first-order chi connectivity index (χ1) is 9.06. The Kier molecular flexibility index (Phi) is 4.55. The number of benzene rings is 1. The zero-order valence-electron chi connectivity index (χ0n) is 10.5. The Morgan fingerprint density at radius 1 is 1.32 bits per heavy atom. The Labute approximate surface area is 125 Å². The van der Waals surface area contributed by atoms with Crippen molar-refractivity contribution in [3.63, 3.8) is 0 Å². The molecule has 1 aromatic carbocycles. The van der Waals surface area contributed by atoms with Crippen LogP contribution in [-0.4, -0.2) is 12.0 Å². The second kappa shape index (κ2) is 5.99. The van der Waals surface area contributed by atoms with E-state index in [0.29, 0.717) is 10.0 Å². The smallest absolute Gasteiger partial charge is 0.148 e. The third-order valence-corrected chi connectivity index (χ3v) is 4.31. The van der Waals surface area contributed by atoms with Gasteiger partial charge in [-0.2, -0.15) is 0 Å². The molecule has 5 heteroatoms. The van der Waals surface area contributed by atoms with Crippen molar-refractivity contribution < 1.29 is 4.39 Å². The summed E-state index contributed by atoms with van der Waals surface area (Å²) in [5, 5.41) is 3.21. The van der Waals surface area contributed by atoms with Gasteiger partial charge in [0.15, 0.2) is 0 Å². The largest absolute Gasteiger partial charge is 0.309 e. The second-order valence-electron chi connectivity index (χ2n) is 4.22. The molecule has 1 atom stereocenters. The lowest BCUT2D eigenvalue weighted by molar-refractivity contribution is 0.574. The van der Waals surface area contributed by atoms with Gasteiger partial charge in [0.05, 0.1) is 11.1 Å². The van der Waals surface area contributed by atoms with E-state index in [-0.39, 0.29) is 11.1 Å². The Hall–Kier alpha value is -0.970. The summed E-state index contributed by atoms with van der Waals surface area (Å²) in [6, 6.07) is 5.09. The maximum atomic E-state index is 14.3. The minimum absolute atomic E-state index is 0.0966. The summed E-state index contributed by atoms with van der Waals surface area (Å²) in [6.07, 6.45) is 3.46. The maximum absolute atomic E-state index is 14.3. The van der Waals surface area contributed by atoms with E-state index in [9.17, 15) is 4.39 Å². The van der Waals surface area contributed by atoms with Crippen molar-refractivity contribution in [1.82, 2.24) is 10.3 Å². The highest BCUT2D eigenvalue weighted by Crippen LogP contribution is 2.33. The lowest BCUT2D eigenvalue weighted by Crippen LogP contribution is -2.20. The zero-order chi connectivity index (χ0) is 14.0. The van der Waals surface area contributed by atoms with Gasteiger partial charge in [-0.25, -0.2) is 4.39 Å². The van der Waals surface area contributed by atoms with Crippen LogP contribution in [0.1, 0.15) is 22.7 Å². The number of nitrogens with one attached hydrogen (secondary N) is 1. The number of hydrogen-bond donors (Lipinski definition) is 1. The van der Waals surface area contributed by atoms with E-state index in [1.54, 1.807) is 31.6 Å². The summed E-state index contributed by atoms with van der Waals surface area (Å²) >= 11 is 9.16. The van der Waals surface area contributed by atoms with Crippen molar-refractivity contribution in [2.75, 3.05) is 7.05 Å². The van der Waals surface area contributed by atoms with Crippen LogP contribution in [0, 0.1) is 12.7 Å². The number of nitrogens with zero attached hydrogens (tertiary/aromatic N) is 1. The number of hydrogen-bond acceptors (Lipinski definition) is 2. The Bertz CT molecular complexity index is 604. The van der Waals surface area contributed by atoms with Crippen LogP contribution in [-0.2, 0) is 0 Å². The van der Waals surface area contributed by atoms with E-state index in [1.807, 2.05) is 13.0 Å². The first-order valence-corrected chi connectivity index (χ1v) is 6.94. The highest BCUT2D eigenvalue weighted by molar-refractivity contribution is 9.10. The molecule has 0 aliphatic heterocycles. The van der Waals surface area contributed by atoms with Gasteiger partial charge >= 0.3 is 0 Å². The SMILES string of the molecule is CNC(c1cnccc1C)c1ccc(Br)c(Cl)c1F. The molecule has 100 valence electrons. The van der Waals surface area contributed by atoms with E-state index < -0.39 is 5.82 Å². The van der Waals surface area contributed by atoms with Gasteiger partial charge in [-0.15, -0.1) is 0 Å². The molecule has 0 amide bonds. The van der Waals surface area contributed by atoms with E-state index >= 15 is 0 Å². The van der Waals surface area contributed by atoms with Crippen molar-refractivity contribution >= 4 is 27.5 Å². The van der Waals surface area contributed by atoms with Crippen LogP contribution in [0.3, 0.4) is 0 Å². The Balaban J connectivity index is 2.55. The molecule has 0 fully saturated rings. The van der Waals surface area contributed by atoms with Crippen LogP contribution >= 0.6 is 27.5 Å². The molecule has 19 heavy (non-hydrogen) atoms. The van der Waals surface area contributed by atoms with E-state index in [1.165, 1.54) is 0 Å². The van der Waals surface area contributed by atoms with Crippen LogP contribution in [0.5, 0.6) is 0 Å². The molecule has 0 aliphatic rings. The van der Waals surface area contributed by atoms with E-state index in [0.717, 1.165) is 11.1 Å². The molecular formula is C14H13BrClFN2. The van der Waals surface area contributed by atoms with Crippen molar-refractivity contribution in [2.45, 2.75) is 13.0 Å². The monoisotopic (exact) mass is 342 g/mol. The zero-order valence-corrected chi connectivity index (χ0v) is 12.9. The van der Waals surface area contributed by atoms with Gasteiger partial charge in [0, 0.05) is 22.4 Å². The van der Waals surface area contributed by atoms with Gasteiger partial charge in [-0.1, -0.05) is 17.7 Å². The predicted octanol–water partition coefficient (Wildman–Crippen LogP) is 4.25. The Morgan fingerprint density at radius 3 is 2.68 bits per heavy atom. The lowest BCUT2D eigenvalue weighted by Gasteiger charge is -2.20. The minimum Gasteiger partial charge on any atom is -0.309 e. The van der Waals surface area contributed by atoms with Crippen molar-refractivity contribution in [3.8, 4) is 0 Å². The number of halogens is 3. The summed E-state index contributed by atoms with van der Waals surface area (Å²) in [6.45, 7) is 1.97. The van der Waals surface area contributed by atoms with Crippen LogP contribution in [0.25, 0.3) is 0 Å². The van der Waals surface area contributed by atoms with Gasteiger partial charge in [0.1, 0.15) is 5.82 Å². The molecule has 1 N–H and O–H groups in total. The molecule has 0 spiro atoms. The standard InChI is InChI=1S/C14H13BrClFN2/c1-8-5-6-19-7-10(8)14(18-2)9-3-4-11(15)12(16)13(9)17/h3-7,14,18H,1-2H3. The van der Waals surface area contributed by atoms with Crippen LogP contribution < -0.4 is 5.32 Å². The molecule has 0 saturated heterocycles. The molecule has 1 unspecified atom stereocenters. The van der Waals surface area contributed by atoms with Gasteiger partial charge < -0.3 is 5.32 Å². The molecule has 1 aromatic heterocycles. The van der Waals surface area contributed by atoms with Crippen LogP contribution in [0.2, 0.25) is 5.02 Å². The van der Waals surface area contributed by atoms with Crippen molar-refractivity contribution in [2.24, 2.45) is 0 Å². The van der Waals surface area contributed by atoms with Gasteiger partial charge in [0.2, 0.25) is 0 Å². The highest BCUT2D eigenvalue weighted by Gasteiger charge is 2.20. The van der Waals surface area contributed by atoms with E-state index in [4.69, 9.17) is 11.6 Å². The molecular weight excluding hydrogens is 331 g/mol. The van der Waals surface area contributed by atoms with Crippen molar-refractivity contribution in [1.29, 1.82) is 0 Å². The molecule has 2 nitrogen and oxygen atoms in total. The third-order valence-electron chi connectivity index (χ3n) is 3.06. The minimum atomic E-state index is -0.418. The normalized spacial score (nSPS) is 12.5. The molecule has 0 bridgehead atoms. The molecule has 0 radical (unpaired) electrons. The summed E-state index contributed by atoms with van der Waals surface area (Å²) in [4.78, 5) is 4.10. The number of aromatic nitrogens is 1. The molecule has 2 rings (SSSR count). The van der Waals surface area contributed by atoms with Crippen LogP contribution in [0.4, 0.5) is 4.39 Å². The molecule has 1 heterocycles. The fourth-order valence-corrected chi connectivity index (χ4v) is 2.50. The first kappa shape index (κ1) is 14.4. The second-order valence-corrected chi connectivity index (χ2v) is 5.45. The summed E-state index contributed by atoms with van der Waals surface area (Å²) in [5.41, 5.74) is 2.49.